The van der Waals surface area contributed by atoms with Crippen molar-refractivity contribution in [2.24, 2.45) is 0 Å². The van der Waals surface area contributed by atoms with Gasteiger partial charge in [-0.25, -0.2) is 0 Å². The molecule has 3 atom stereocenters. The van der Waals surface area contributed by atoms with E-state index >= 15 is 0 Å². The molecule has 1 aliphatic rings. The Morgan fingerprint density at radius 3 is 2.36 bits per heavy atom. The van der Waals surface area contributed by atoms with Gasteiger partial charge in [0.05, 0.1) is 17.7 Å². The number of amides is 1. The summed E-state index contributed by atoms with van der Waals surface area (Å²) in [6.45, 7) is 11.4. The van der Waals surface area contributed by atoms with Crippen LogP contribution >= 0.6 is 0 Å². The number of aldehydes is 1. The SMILES string of the molecule is COC(C)(C)CNC(=O)C(c1cccnc1)N(C)c1ccc(C(C)(C)C)cc1.O=CC1CC(O)CN1. The number of aromatic nitrogens is 1. The average Bonchev–Trinajstić information content (AvgIpc) is 3.29. The second-order valence-electron chi connectivity index (χ2n) is 10.8. The predicted octanol–water partition coefficient (Wildman–Crippen LogP) is 3.01. The Hall–Kier alpha value is -2.81. The number of nitrogens with zero attached hydrogens (tertiary/aromatic N) is 2. The van der Waals surface area contributed by atoms with E-state index in [0.717, 1.165) is 17.5 Å². The average molecular weight is 499 g/mol. The molecular weight excluding hydrogens is 456 g/mol. The number of carbonyl (C=O) groups excluding carboxylic acids is 2. The molecular formula is C28H42N4O4. The molecule has 8 nitrogen and oxygen atoms in total. The summed E-state index contributed by atoms with van der Waals surface area (Å²) in [5.74, 6) is -0.0828. The molecule has 0 radical (unpaired) electrons. The van der Waals surface area contributed by atoms with Gasteiger partial charge in [0.25, 0.3) is 0 Å². The van der Waals surface area contributed by atoms with Crippen LogP contribution in [0.5, 0.6) is 0 Å². The van der Waals surface area contributed by atoms with Crippen molar-refractivity contribution < 1.29 is 19.4 Å². The maximum Gasteiger partial charge on any atom is 0.247 e. The van der Waals surface area contributed by atoms with Crippen LogP contribution in [0.15, 0.2) is 48.8 Å². The third-order valence-electron chi connectivity index (χ3n) is 6.32. The van der Waals surface area contributed by atoms with Crippen LogP contribution in [-0.2, 0) is 19.7 Å². The first-order valence-electron chi connectivity index (χ1n) is 12.3. The molecule has 1 aromatic carbocycles. The third kappa shape index (κ3) is 8.69. The van der Waals surface area contributed by atoms with Crippen LogP contribution in [0.1, 0.15) is 58.2 Å². The van der Waals surface area contributed by atoms with Crippen LogP contribution in [0.4, 0.5) is 5.69 Å². The number of pyridine rings is 1. The number of likely N-dealkylation sites (N-methyl/N-ethyl adjacent to an activating group) is 1. The van der Waals surface area contributed by atoms with Crippen LogP contribution in [0.2, 0.25) is 0 Å². The standard InChI is InChI=1S/C23H33N3O2.C5H9NO2/c1-22(2,3)18-10-12-19(13-11-18)26(6)20(17-9-8-14-24-15-17)21(27)25-16-23(4,5)28-7;7-3-4-1-5(8)2-6-4/h8-15,20H,16H2,1-7H3,(H,25,27);3-6,8H,1-2H2. The highest BCUT2D eigenvalue weighted by Gasteiger charge is 2.28. The number of methoxy groups -OCH3 is 1. The molecule has 0 spiro atoms. The highest BCUT2D eigenvalue weighted by Crippen LogP contribution is 2.29. The quantitative estimate of drug-likeness (QED) is 0.481. The molecule has 0 saturated carbocycles. The molecule has 1 aliphatic heterocycles. The molecule has 3 N–H and O–H groups in total. The van der Waals surface area contributed by atoms with Crippen molar-refractivity contribution in [3.63, 3.8) is 0 Å². The van der Waals surface area contributed by atoms with Crippen LogP contribution in [0.3, 0.4) is 0 Å². The van der Waals surface area contributed by atoms with E-state index in [9.17, 15) is 9.59 Å². The van der Waals surface area contributed by atoms with Gasteiger partial charge in [-0.05, 0) is 49.4 Å². The number of benzene rings is 1. The zero-order valence-electron chi connectivity index (χ0n) is 22.6. The molecule has 1 fully saturated rings. The van der Waals surface area contributed by atoms with Gasteiger partial charge < -0.3 is 30.2 Å². The van der Waals surface area contributed by atoms with E-state index in [2.05, 4.69) is 60.7 Å². The molecule has 0 bridgehead atoms. The number of aliphatic hydroxyl groups is 1. The van der Waals surface area contributed by atoms with Crippen LogP contribution in [0, 0.1) is 0 Å². The fraction of sp³-hybridized carbons (Fsp3) is 0.536. The number of hydrogen-bond donors (Lipinski definition) is 3. The number of hydrogen-bond acceptors (Lipinski definition) is 7. The van der Waals surface area contributed by atoms with Gasteiger partial charge in [0.2, 0.25) is 5.91 Å². The van der Waals surface area contributed by atoms with Gasteiger partial charge in [-0.1, -0.05) is 39.0 Å². The summed E-state index contributed by atoms with van der Waals surface area (Å²) in [7, 11) is 3.58. The van der Waals surface area contributed by atoms with E-state index in [1.807, 2.05) is 37.9 Å². The lowest BCUT2D eigenvalue weighted by Gasteiger charge is -2.31. The molecule has 0 aliphatic carbocycles. The van der Waals surface area contributed by atoms with Gasteiger partial charge in [-0.15, -0.1) is 0 Å². The molecule has 1 aromatic heterocycles. The number of aliphatic hydroxyl groups excluding tert-OH is 1. The molecule has 1 saturated heterocycles. The van der Waals surface area contributed by atoms with Crippen molar-refractivity contribution in [3.8, 4) is 0 Å². The van der Waals surface area contributed by atoms with Crippen molar-refractivity contribution in [1.82, 2.24) is 15.6 Å². The Labute approximate surface area is 215 Å². The lowest BCUT2D eigenvalue weighted by molar-refractivity contribution is -0.123. The summed E-state index contributed by atoms with van der Waals surface area (Å²) in [4.78, 5) is 29.3. The third-order valence-corrected chi connectivity index (χ3v) is 6.32. The Bertz CT molecular complexity index is 958. The van der Waals surface area contributed by atoms with Crippen molar-refractivity contribution in [1.29, 1.82) is 0 Å². The van der Waals surface area contributed by atoms with E-state index in [0.29, 0.717) is 19.5 Å². The molecule has 8 heteroatoms. The monoisotopic (exact) mass is 498 g/mol. The predicted molar refractivity (Wildman–Crippen MR) is 143 cm³/mol. The molecule has 3 unspecified atom stereocenters. The highest BCUT2D eigenvalue weighted by molar-refractivity contribution is 5.86. The van der Waals surface area contributed by atoms with Crippen LogP contribution < -0.4 is 15.5 Å². The van der Waals surface area contributed by atoms with E-state index < -0.39 is 11.6 Å². The number of nitrogens with one attached hydrogen (secondary N) is 2. The smallest absolute Gasteiger partial charge is 0.247 e. The lowest BCUT2D eigenvalue weighted by atomic mass is 9.87. The summed E-state index contributed by atoms with van der Waals surface area (Å²) in [6, 6.07) is 11.6. The van der Waals surface area contributed by atoms with E-state index in [-0.39, 0.29) is 23.5 Å². The summed E-state index contributed by atoms with van der Waals surface area (Å²) < 4.78 is 5.42. The summed E-state index contributed by atoms with van der Waals surface area (Å²) in [5, 5.41) is 14.7. The van der Waals surface area contributed by atoms with E-state index in [1.54, 1.807) is 19.5 Å². The van der Waals surface area contributed by atoms with Crippen molar-refractivity contribution >= 4 is 17.9 Å². The minimum absolute atomic E-state index is 0.0828. The summed E-state index contributed by atoms with van der Waals surface area (Å²) in [5.41, 5.74) is 2.74. The minimum atomic E-state index is -0.484. The Balaban J connectivity index is 0.000000482. The van der Waals surface area contributed by atoms with Gasteiger partial charge in [0.1, 0.15) is 12.3 Å². The Kier molecular flexibility index (Phi) is 10.6. The van der Waals surface area contributed by atoms with Gasteiger partial charge in [0, 0.05) is 50.9 Å². The highest BCUT2D eigenvalue weighted by atomic mass is 16.5. The molecule has 1 amide bonds. The zero-order valence-corrected chi connectivity index (χ0v) is 22.6. The maximum atomic E-state index is 13.1. The zero-order chi connectivity index (χ0) is 26.9. The second kappa shape index (κ2) is 12.9. The number of carbonyl (C=O) groups is 2. The maximum absolute atomic E-state index is 13.1. The molecule has 2 heterocycles. The normalized spacial score (nSPS) is 18.6. The summed E-state index contributed by atoms with van der Waals surface area (Å²) in [6.07, 6.45) is 4.54. The van der Waals surface area contributed by atoms with E-state index in [1.165, 1.54) is 5.56 Å². The number of ether oxygens (including phenoxy) is 1. The lowest BCUT2D eigenvalue weighted by Crippen LogP contribution is -2.45. The molecule has 3 rings (SSSR count). The second-order valence-corrected chi connectivity index (χ2v) is 10.8. The fourth-order valence-electron chi connectivity index (χ4n) is 3.75. The van der Waals surface area contributed by atoms with Gasteiger partial charge in [0.15, 0.2) is 0 Å². The van der Waals surface area contributed by atoms with Gasteiger partial charge in [-0.3, -0.25) is 9.78 Å². The first-order valence-corrected chi connectivity index (χ1v) is 12.3. The van der Waals surface area contributed by atoms with E-state index in [4.69, 9.17) is 9.84 Å². The number of anilines is 1. The van der Waals surface area contributed by atoms with Crippen LogP contribution in [-0.4, -0.2) is 67.3 Å². The Morgan fingerprint density at radius 1 is 1.25 bits per heavy atom. The van der Waals surface area contributed by atoms with Crippen molar-refractivity contribution in [2.75, 3.05) is 32.1 Å². The molecule has 36 heavy (non-hydrogen) atoms. The Morgan fingerprint density at radius 2 is 1.92 bits per heavy atom. The largest absolute Gasteiger partial charge is 0.392 e. The minimum Gasteiger partial charge on any atom is -0.392 e. The topological polar surface area (TPSA) is 104 Å². The van der Waals surface area contributed by atoms with Gasteiger partial charge in [-0.2, -0.15) is 0 Å². The van der Waals surface area contributed by atoms with Gasteiger partial charge >= 0.3 is 0 Å². The first kappa shape index (κ1) is 29.4. The van der Waals surface area contributed by atoms with Crippen LogP contribution in [0.25, 0.3) is 0 Å². The molecule has 2 aromatic rings. The fourth-order valence-corrected chi connectivity index (χ4v) is 3.75. The number of rotatable bonds is 8. The molecule has 198 valence electrons. The first-order chi connectivity index (χ1) is 16.9. The summed E-state index contributed by atoms with van der Waals surface area (Å²) >= 11 is 0. The van der Waals surface area contributed by atoms with Crippen molar-refractivity contribution in [3.05, 3.63) is 59.9 Å². The van der Waals surface area contributed by atoms with Crippen molar-refractivity contribution in [2.45, 2.75) is 70.2 Å². The number of β-amino-alcohol motifs (C(OH)–C–C–N with tert-alkyl or cyclic N) is 1.